The second-order valence-corrected chi connectivity index (χ2v) is 6.72. The van der Waals surface area contributed by atoms with Gasteiger partial charge in [-0.15, -0.1) is 0 Å². The first kappa shape index (κ1) is 12.7. The van der Waals surface area contributed by atoms with Gasteiger partial charge in [-0.05, 0) is 44.4 Å². The second-order valence-electron chi connectivity index (χ2n) is 5.57. The molecular formula is C13H26N2S. The van der Waals surface area contributed by atoms with Crippen LogP contribution in [0.1, 0.15) is 39.0 Å². The van der Waals surface area contributed by atoms with E-state index in [0.29, 0.717) is 5.54 Å². The Balaban J connectivity index is 2.03. The van der Waals surface area contributed by atoms with Crippen LogP contribution in [0.4, 0.5) is 0 Å². The molecule has 0 amide bonds. The van der Waals surface area contributed by atoms with E-state index in [9.17, 15) is 0 Å². The zero-order valence-corrected chi connectivity index (χ0v) is 11.6. The summed E-state index contributed by atoms with van der Waals surface area (Å²) in [5.41, 5.74) is 6.44. The van der Waals surface area contributed by atoms with Gasteiger partial charge in [-0.2, -0.15) is 11.8 Å². The van der Waals surface area contributed by atoms with Gasteiger partial charge in [0.25, 0.3) is 0 Å². The van der Waals surface area contributed by atoms with Crippen molar-refractivity contribution in [1.29, 1.82) is 0 Å². The van der Waals surface area contributed by atoms with Crippen LogP contribution in [0, 0.1) is 5.92 Å². The largest absolute Gasteiger partial charge is 0.329 e. The summed E-state index contributed by atoms with van der Waals surface area (Å²) in [6, 6.07) is 0.782. The van der Waals surface area contributed by atoms with Crippen LogP contribution >= 0.6 is 11.8 Å². The molecule has 1 saturated heterocycles. The van der Waals surface area contributed by atoms with E-state index >= 15 is 0 Å². The SMILES string of the molecule is CCC1CCC(CN)(N(C)C2CCSC2)C1. The summed E-state index contributed by atoms with van der Waals surface area (Å²) >= 11 is 2.10. The molecule has 3 unspecified atom stereocenters. The summed E-state index contributed by atoms with van der Waals surface area (Å²) < 4.78 is 0. The quantitative estimate of drug-likeness (QED) is 0.820. The van der Waals surface area contributed by atoms with Crippen molar-refractivity contribution in [3.05, 3.63) is 0 Å². The van der Waals surface area contributed by atoms with E-state index in [1.165, 1.54) is 43.6 Å². The molecule has 0 aromatic rings. The minimum Gasteiger partial charge on any atom is -0.329 e. The van der Waals surface area contributed by atoms with Crippen molar-refractivity contribution in [2.24, 2.45) is 11.7 Å². The zero-order valence-electron chi connectivity index (χ0n) is 10.7. The second kappa shape index (κ2) is 5.28. The molecule has 1 saturated carbocycles. The molecule has 1 aliphatic carbocycles. The van der Waals surface area contributed by atoms with Gasteiger partial charge in [0.1, 0.15) is 0 Å². The van der Waals surface area contributed by atoms with Gasteiger partial charge in [0.2, 0.25) is 0 Å². The number of hydrogen-bond donors (Lipinski definition) is 1. The average molecular weight is 242 g/mol. The normalized spacial score (nSPS) is 39.8. The monoisotopic (exact) mass is 242 g/mol. The predicted octanol–water partition coefficient (Wildman–Crippen LogP) is 2.33. The van der Waals surface area contributed by atoms with Gasteiger partial charge in [-0.1, -0.05) is 13.3 Å². The van der Waals surface area contributed by atoms with E-state index in [2.05, 4.69) is 30.6 Å². The van der Waals surface area contributed by atoms with Crippen LogP contribution in [0.3, 0.4) is 0 Å². The van der Waals surface area contributed by atoms with Gasteiger partial charge in [-0.3, -0.25) is 4.90 Å². The Morgan fingerprint density at radius 2 is 2.25 bits per heavy atom. The molecule has 1 heterocycles. The molecule has 16 heavy (non-hydrogen) atoms. The number of thioether (sulfide) groups is 1. The van der Waals surface area contributed by atoms with Crippen molar-refractivity contribution in [2.75, 3.05) is 25.1 Å². The highest BCUT2D eigenvalue weighted by atomic mass is 32.2. The number of nitrogens with two attached hydrogens (primary N) is 1. The number of rotatable bonds is 4. The molecular weight excluding hydrogens is 216 g/mol. The molecule has 2 rings (SSSR count). The Morgan fingerprint density at radius 3 is 2.75 bits per heavy atom. The highest BCUT2D eigenvalue weighted by molar-refractivity contribution is 7.99. The summed E-state index contributed by atoms with van der Waals surface area (Å²) in [6.45, 7) is 3.17. The molecule has 2 nitrogen and oxygen atoms in total. The molecule has 3 heteroatoms. The molecule has 0 aromatic carbocycles. The van der Waals surface area contributed by atoms with Gasteiger partial charge >= 0.3 is 0 Å². The minimum absolute atomic E-state index is 0.330. The summed E-state index contributed by atoms with van der Waals surface area (Å²) in [4.78, 5) is 2.64. The fraction of sp³-hybridized carbons (Fsp3) is 1.00. The Morgan fingerprint density at radius 1 is 1.44 bits per heavy atom. The van der Waals surface area contributed by atoms with Crippen molar-refractivity contribution < 1.29 is 0 Å². The highest BCUT2D eigenvalue weighted by Gasteiger charge is 2.43. The van der Waals surface area contributed by atoms with Gasteiger partial charge in [0.05, 0.1) is 0 Å². The minimum atomic E-state index is 0.330. The molecule has 2 fully saturated rings. The maximum Gasteiger partial charge on any atom is 0.0334 e. The summed E-state index contributed by atoms with van der Waals surface area (Å²) in [5, 5.41) is 0. The summed E-state index contributed by atoms with van der Waals surface area (Å²) in [6.07, 6.45) is 6.73. The molecule has 0 aromatic heterocycles. The van der Waals surface area contributed by atoms with Crippen LogP contribution in [0.2, 0.25) is 0 Å². The van der Waals surface area contributed by atoms with Crippen molar-refractivity contribution >= 4 is 11.8 Å². The fourth-order valence-electron chi connectivity index (χ4n) is 3.43. The van der Waals surface area contributed by atoms with Crippen LogP contribution < -0.4 is 5.73 Å². The van der Waals surface area contributed by atoms with Crippen LogP contribution in [-0.2, 0) is 0 Å². The van der Waals surface area contributed by atoms with Gasteiger partial charge in [0.15, 0.2) is 0 Å². The van der Waals surface area contributed by atoms with Crippen LogP contribution in [-0.4, -0.2) is 41.6 Å². The summed E-state index contributed by atoms with van der Waals surface area (Å²) in [5.74, 6) is 3.57. The van der Waals surface area contributed by atoms with Crippen LogP contribution in [0.25, 0.3) is 0 Å². The lowest BCUT2D eigenvalue weighted by atomic mass is 9.91. The van der Waals surface area contributed by atoms with E-state index < -0.39 is 0 Å². The molecule has 2 aliphatic rings. The third kappa shape index (κ3) is 2.27. The third-order valence-electron chi connectivity index (χ3n) is 4.85. The van der Waals surface area contributed by atoms with E-state index in [1.807, 2.05) is 0 Å². The first-order valence-electron chi connectivity index (χ1n) is 6.72. The summed E-state index contributed by atoms with van der Waals surface area (Å²) in [7, 11) is 2.32. The molecule has 0 spiro atoms. The molecule has 0 radical (unpaired) electrons. The maximum absolute atomic E-state index is 6.11. The third-order valence-corrected chi connectivity index (χ3v) is 5.99. The lowest BCUT2D eigenvalue weighted by Crippen LogP contribution is -2.54. The van der Waals surface area contributed by atoms with E-state index in [4.69, 9.17) is 5.73 Å². The Hall–Kier alpha value is 0.270. The molecule has 2 N–H and O–H groups in total. The average Bonchev–Trinajstić information content (AvgIpc) is 2.98. The topological polar surface area (TPSA) is 29.3 Å². The predicted molar refractivity (Wildman–Crippen MR) is 72.9 cm³/mol. The van der Waals surface area contributed by atoms with Crippen molar-refractivity contribution in [3.63, 3.8) is 0 Å². The van der Waals surface area contributed by atoms with Crippen molar-refractivity contribution in [1.82, 2.24) is 4.90 Å². The van der Waals surface area contributed by atoms with E-state index in [0.717, 1.165) is 18.5 Å². The lowest BCUT2D eigenvalue weighted by Gasteiger charge is -2.42. The molecule has 1 aliphatic heterocycles. The maximum atomic E-state index is 6.11. The fourth-order valence-corrected chi connectivity index (χ4v) is 4.70. The number of hydrogen-bond acceptors (Lipinski definition) is 3. The van der Waals surface area contributed by atoms with Crippen LogP contribution in [0.15, 0.2) is 0 Å². The molecule has 0 bridgehead atoms. The Kier molecular flexibility index (Phi) is 4.20. The standard InChI is InChI=1S/C13H26N2S/c1-3-11-4-6-13(8-11,10-14)15(2)12-5-7-16-9-12/h11-12H,3-10,14H2,1-2H3. The van der Waals surface area contributed by atoms with E-state index in [-0.39, 0.29) is 0 Å². The number of nitrogens with zero attached hydrogens (tertiary/aromatic N) is 1. The van der Waals surface area contributed by atoms with E-state index in [1.54, 1.807) is 0 Å². The molecule has 94 valence electrons. The van der Waals surface area contributed by atoms with Gasteiger partial charge < -0.3 is 5.73 Å². The first-order valence-corrected chi connectivity index (χ1v) is 7.88. The number of likely N-dealkylation sites (N-methyl/N-ethyl adjacent to an activating group) is 1. The first-order chi connectivity index (χ1) is 7.72. The zero-order chi connectivity index (χ0) is 11.6. The smallest absolute Gasteiger partial charge is 0.0334 e. The Bertz CT molecular complexity index is 228. The van der Waals surface area contributed by atoms with Gasteiger partial charge in [-0.25, -0.2) is 0 Å². The van der Waals surface area contributed by atoms with Crippen molar-refractivity contribution in [2.45, 2.75) is 50.6 Å². The van der Waals surface area contributed by atoms with Crippen molar-refractivity contribution in [3.8, 4) is 0 Å². The van der Waals surface area contributed by atoms with Crippen LogP contribution in [0.5, 0.6) is 0 Å². The molecule has 3 atom stereocenters. The lowest BCUT2D eigenvalue weighted by molar-refractivity contribution is 0.0887. The van der Waals surface area contributed by atoms with Gasteiger partial charge in [0, 0.05) is 23.9 Å². The highest BCUT2D eigenvalue weighted by Crippen LogP contribution is 2.41. The Labute approximate surface area is 104 Å².